The van der Waals surface area contributed by atoms with Gasteiger partial charge in [0, 0.05) is 17.8 Å². The number of hydrogen-bond acceptors (Lipinski definition) is 3. The van der Waals surface area contributed by atoms with E-state index in [0.29, 0.717) is 23.5 Å². The van der Waals surface area contributed by atoms with Crippen LogP contribution in [-0.2, 0) is 6.54 Å². The zero-order chi connectivity index (χ0) is 18.8. The standard InChI is InChI=1S/C22H18N2O2S/c1-15(25)17-8-5-9-18(12-17)23-22(26)20-13-21-19(10-11-27-21)24(20)14-16-6-3-2-4-7-16/h2-13H,14H2,1H3,(H,23,26). The molecule has 134 valence electrons. The number of carbonyl (C=O) groups excluding carboxylic acids is 2. The largest absolute Gasteiger partial charge is 0.331 e. The van der Waals surface area contributed by atoms with E-state index in [1.165, 1.54) is 6.92 Å². The predicted octanol–water partition coefficient (Wildman–Crippen LogP) is 5.21. The molecule has 2 aromatic heterocycles. The van der Waals surface area contributed by atoms with Gasteiger partial charge < -0.3 is 9.88 Å². The van der Waals surface area contributed by atoms with Crippen LogP contribution in [0.15, 0.2) is 72.1 Å². The van der Waals surface area contributed by atoms with Crippen LogP contribution in [0.4, 0.5) is 5.69 Å². The fourth-order valence-corrected chi connectivity index (χ4v) is 3.93. The Labute approximate surface area is 161 Å². The summed E-state index contributed by atoms with van der Waals surface area (Å²) < 4.78 is 3.11. The third-order valence-electron chi connectivity index (χ3n) is 4.47. The number of nitrogens with zero attached hydrogens (tertiary/aromatic N) is 1. The maximum Gasteiger partial charge on any atom is 0.272 e. The van der Waals surface area contributed by atoms with Gasteiger partial charge in [0.25, 0.3) is 5.91 Å². The molecular formula is C22H18N2O2S. The second-order valence-corrected chi connectivity index (χ2v) is 7.31. The highest BCUT2D eigenvalue weighted by molar-refractivity contribution is 7.17. The lowest BCUT2D eigenvalue weighted by molar-refractivity contribution is 0.100. The van der Waals surface area contributed by atoms with Crippen LogP contribution < -0.4 is 5.32 Å². The minimum absolute atomic E-state index is 0.0286. The number of carbonyl (C=O) groups is 2. The molecule has 0 aliphatic rings. The normalized spacial score (nSPS) is 10.9. The number of thiophene rings is 1. The van der Waals surface area contributed by atoms with Crippen molar-refractivity contribution in [2.45, 2.75) is 13.5 Å². The number of hydrogen-bond donors (Lipinski definition) is 1. The summed E-state index contributed by atoms with van der Waals surface area (Å²) in [4.78, 5) is 24.5. The van der Waals surface area contributed by atoms with Crippen molar-refractivity contribution >= 4 is 38.9 Å². The van der Waals surface area contributed by atoms with Crippen molar-refractivity contribution in [1.29, 1.82) is 0 Å². The van der Waals surface area contributed by atoms with Gasteiger partial charge in [-0.05, 0) is 42.1 Å². The number of nitrogens with one attached hydrogen (secondary N) is 1. The maximum absolute atomic E-state index is 13.0. The van der Waals surface area contributed by atoms with Gasteiger partial charge in [0.15, 0.2) is 5.78 Å². The minimum atomic E-state index is -0.185. The molecule has 0 aliphatic carbocycles. The molecule has 1 amide bonds. The first-order valence-electron chi connectivity index (χ1n) is 8.65. The second kappa shape index (κ2) is 7.21. The number of amides is 1. The summed E-state index contributed by atoms with van der Waals surface area (Å²) in [6.07, 6.45) is 0. The van der Waals surface area contributed by atoms with Crippen molar-refractivity contribution in [2.24, 2.45) is 0 Å². The van der Waals surface area contributed by atoms with Crippen molar-refractivity contribution in [3.8, 4) is 0 Å². The van der Waals surface area contributed by atoms with Crippen LogP contribution in [0.3, 0.4) is 0 Å². The van der Waals surface area contributed by atoms with Gasteiger partial charge >= 0.3 is 0 Å². The van der Waals surface area contributed by atoms with Crippen molar-refractivity contribution in [1.82, 2.24) is 4.57 Å². The monoisotopic (exact) mass is 374 g/mol. The van der Waals surface area contributed by atoms with E-state index in [1.807, 2.05) is 40.3 Å². The molecule has 0 bridgehead atoms. The average Bonchev–Trinajstić information content (AvgIpc) is 3.25. The van der Waals surface area contributed by atoms with Gasteiger partial charge in [-0.25, -0.2) is 0 Å². The Hall–Kier alpha value is -3.18. The molecule has 5 heteroatoms. The summed E-state index contributed by atoms with van der Waals surface area (Å²) in [6.45, 7) is 2.14. The lowest BCUT2D eigenvalue weighted by Crippen LogP contribution is -2.17. The number of ketones is 1. The molecule has 0 spiro atoms. The van der Waals surface area contributed by atoms with Gasteiger partial charge in [0.1, 0.15) is 5.69 Å². The smallest absolute Gasteiger partial charge is 0.272 e. The molecule has 2 aromatic carbocycles. The zero-order valence-electron chi connectivity index (χ0n) is 14.8. The van der Waals surface area contributed by atoms with Gasteiger partial charge in [-0.3, -0.25) is 9.59 Å². The Morgan fingerprint density at radius 3 is 2.59 bits per heavy atom. The molecule has 0 saturated heterocycles. The SMILES string of the molecule is CC(=O)c1cccc(NC(=O)c2cc3sccc3n2Cc2ccccc2)c1. The summed E-state index contributed by atoms with van der Waals surface area (Å²) in [5.74, 6) is -0.214. The molecule has 2 heterocycles. The fourth-order valence-electron chi connectivity index (χ4n) is 3.11. The Morgan fingerprint density at radius 2 is 1.81 bits per heavy atom. The topological polar surface area (TPSA) is 51.1 Å². The molecule has 0 atom stereocenters. The molecule has 4 rings (SSSR count). The Morgan fingerprint density at radius 1 is 1.00 bits per heavy atom. The van der Waals surface area contributed by atoms with Gasteiger partial charge in [-0.2, -0.15) is 0 Å². The quantitative estimate of drug-likeness (QED) is 0.488. The first-order chi connectivity index (χ1) is 13.1. The van der Waals surface area contributed by atoms with Gasteiger partial charge in [-0.15, -0.1) is 11.3 Å². The third-order valence-corrected chi connectivity index (χ3v) is 5.32. The number of rotatable bonds is 5. The summed E-state index contributed by atoms with van der Waals surface area (Å²) >= 11 is 1.62. The summed E-state index contributed by atoms with van der Waals surface area (Å²) in [6, 6.07) is 21.0. The number of aromatic nitrogens is 1. The molecular weight excluding hydrogens is 356 g/mol. The van der Waals surface area contributed by atoms with Crippen molar-refractivity contribution < 1.29 is 9.59 Å². The molecule has 27 heavy (non-hydrogen) atoms. The number of fused-ring (bicyclic) bond motifs is 1. The number of anilines is 1. The highest BCUT2D eigenvalue weighted by Crippen LogP contribution is 2.27. The van der Waals surface area contributed by atoms with Crippen LogP contribution in [0.2, 0.25) is 0 Å². The molecule has 0 saturated carbocycles. The molecule has 0 fully saturated rings. The number of benzene rings is 2. The molecule has 4 nitrogen and oxygen atoms in total. The molecule has 0 unspecified atom stereocenters. The minimum Gasteiger partial charge on any atom is -0.331 e. The highest BCUT2D eigenvalue weighted by Gasteiger charge is 2.17. The molecule has 4 aromatic rings. The Balaban J connectivity index is 1.67. The van der Waals surface area contributed by atoms with E-state index < -0.39 is 0 Å². The maximum atomic E-state index is 13.0. The van der Waals surface area contributed by atoms with Crippen molar-refractivity contribution in [3.05, 3.63) is 88.9 Å². The van der Waals surface area contributed by atoms with Crippen LogP contribution in [0.1, 0.15) is 33.3 Å². The number of Topliss-reactive ketones (excluding diaryl/α,β-unsaturated/α-hetero) is 1. The molecule has 0 radical (unpaired) electrons. The van der Waals surface area contributed by atoms with Crippen LogP contribution in [-0.4, -0.2) is 16.3 Å². The van der Waals surface area contributed by atoms with E-state index in [2.05, 4.69) is 17.4 Å². The van der Waals surface area contributed by atoms with Crippen molar-refractivity contribution in [2.75, 3.05) is 5.32 Å². The van der Waals surface area contributed by atoms with E-state index in [9.17, 15) is 9.59 Å². The first kappa shape index (κ1) is 17.2. The van der Waals surface area contributed by atoms with Gasteiger partial charge in [0.2, 0.25) is 0 Å². The lowest BCUT2D eigenvalue weighted by Gasteiger charge is -2.11. The molecule has 0 aliphatic heterocycles. The van der Waals surface area contributed by atoms with Gasteiger partial charge in [-0.1, -0.05) is 42.5 Å². The van der Waals surface area contributed by atoms with Crippen LogP contribution in [0.25, 0.3) is 10.2 Å². The summed E-state index contributed by atoms with van der Waals surface area (Å²) in [5.41, 5.74) is 3.98. The van der Waals surface area contributed by atoms with Crippen LogP contribution >= 0.6 is 11.3 Å². The second-order valence-electron chi connectivity index (χ2n) is 6.36. The van der Waals surface area contributed by atoms with Gasteiger partial charge in [0.05, 0.1) is 10.2 Å². The lowest BCUT2D eigenvalue weighted by atomic mass is 10.1. The Kier molecular flexibility index (Phi) is 4.60. The van der Waals surface area contributed by atoms with Crippen LogP contribution in [0.5, 0.6) is 0 Å². The predicted molar refractivity (Wildman–Crippen MR) is 110 cm³/mol. The average molecular weight is 374 g/mol. The molecule has 1 N–H and O–H groups in total. The van der Waals surface area contributed by atoms with Crippen LogP contribution in [0, 0.1) is 0 Å². The highest BCUT2D eigenvalue weighted by atomic mass is 32.1. The fraction of sp³-hybridized carbons (Fsp3) is 0.0909. The van der Waals surface area contributed by atoms with E-state index in [4.69, 9.17) is 0 Å². The van der Waals surface area contributed by atoms with E-state index in [1.54, 1.807) is 35.6 Å². The van der Waals surface area contributed by atoms with E-state index >= 15 is 0 Å². The van der Waals surface area contributed by atoms with Crippen molar-refractivity contribution in [3.63, 3.8) is 0 Å². The summed E-state index contributed by atoms with van der Waals surface area (Å²) in [7, 11) is 0. The Bertz CT molecular complexity index is 1130. The van der Waals surface area contributed by atoms with E-state index in [-0.39, 0.29) is 11.7 Å². The third kappa shape index (κ3) is 3.55. The summed E-state index contributed by atoms with van der Waals surface area (Å²) in [5, 5.41) is 4.95. The van der Waals surface area contributed by atoms with E-state index in [0.717, 1.165) is 15.8 Å². The zero-order valence-corrected chi connectivity index (χ0v) is 15.6. The first-order valence-corrected chi connectivity index (χ1v) is 9.53.